The van der Waals surface area contributed by atoms with Gasteiger partial charge in [0.15, 0.2) is 0 Å². The van der Waals surface area contributed by atoms with E-state index in [0.29, 0.717) is 37.6 Å². The lowest BCUT2D eigenvalue weighted by Crippen LogP contribution is -2.65. The van der Waals surface area contributed by atoms with Gasteiger partial charge in [-0.3, -0.25) is 19.5 Å². The van der Waals surface area contributed by atoms with Gasteiger partial charge in [-0.15, -0.1) is 0 Å². The van der Waals surface area contributed by atoms with Crippen molar-refractivity contribution in [1.29, 1.82) is 0 Å². The molecule has 244 valence electrons. The number of hydrogen-bond donors (Lipinski definition) is 0. The lowest BCUT2D eigenvalue weighted by atomic mass is 9.88. The number of piperazine rings is 1. The van der Waals surface area contributed by atoms with Crippen LogP contribution in [-0.2, 0) is 30.4 Å². The predicted octanol–water partition coefficient (Wildman–Crippen LogP) is 4.01. The summed E-state index contributed by atoms with van der Waals surface area (Å²) in [5, 5.41) is 0. The number of anilines is 1. The minimum atomic E-state index is -3.36. The fraction of sp³-hybridized carbons (Fsp3) is 0.576. The van der Waals surface area contributed by atoms with E-state index < -0.39 is 34.8 Å². The molecular weight excluding hydrogens is 584 g/mol. The van der Waals surface area contributed by atoms with Crippen molar-refractivity contribution in [2.24, 2.45) is 0 Å². The molecule has 3 amide bonds. The van der Waals surface area contributed by atoms with E-state index in [2.05, 4.69) is 4.98 Å². The molecule has 2 fully saturated rings. The average molecular weight is 628 g/mol. The Hall–Kier alpha value is -3.64. The third-order valence-corrected chi connectivity index (χ3v) is 8.63. The van der Waals surface area contributed by atoms with E-state index in [-0.39, 0.29) is 49.6 Å². The Morgan fingerprint density at radius 2 is 1.73 bits per heavy atom. The van der Waals surface area contributed by atoms with Gasteiger partial charge in [0.05, 0.1) is 25.4 Å². The van der Waals surface area contributed by atoms with Gasteiger partial charge in [-0.1, -0.05) is 44.2 Å². The Kier molecular flexibility index (Phi) is 8.93. The third-order valence-electron chi connectivity index (χ3n) is 8.63. The number of fused-ring (bicyclic) bond motifs is 1. The number of alkyl halides is 2. The van der Waals surface area contributed by atoms with Crippen LogP contribution in [0, 0.1) is 0 Å². The molecule has 45 heavy (non-hydrogen) atoms. The van der Waals surface area contributed by atoms with E-state index >= 15 is 8.78 Å². The second-order valence-corrected chi connectivity index (χ2v) is 13.8. The standard InChI is InChI=1S/C33H43F2N5O5/c1-22-18-38(26(29(42)37-12-14-44-15-13-37)19-39(22)30(43)45-31(2,3)4)20-28(41)40-21-32(5,6)24-17-36-27(16-25(24)40)33(34,35)23-10-8-7-9-11-23/h7-11,16-17,22,26H,12-15,18-21H2,1-6H3/t22-,26-/m1/s1. The maximum absolute atomic E-state index is 15.5. The molecule has 0 radical (unpaired) electrons. The molecule has 0 N–H and O–H groups in total. The van der Waals surface area contributed by atoms with Crippen LogP contribution < -0.4 is 4.90 Å². The normalized spacial score (nSPS) is 22.3. The second kappa shape index (κ2) is 12.3. The molecule has 0 unspecified atom stereocenters. The van der Waals surface area contributed by atoms with Gasteiger partial charge < -0.3 is 24.2 Å². The molecule has 12 heteroatoms. The van der Waals surface area contributed by atoms with Gasteiger partial charge in [0.1, 0.15) is 17.3 Å². The maximum Gasteiger partial charge on any atom is 0.410 e. The van der Waals surface area contributed by atoms with Gasteiger partial charge in [0, 0.05) is 61.5 Å². The fourth-order valence-corrected chi connectivity index (χ4v) is 6.23. The zero-order valence-electron chi connectivity index (χ0n) is 26.9. The van der Waals surface area contributed by atoms with Crippen molar-refractivity contribution in [3.63, 3.8) is 0 Å². The summed E-state index contributed by atoms with van der Waals surface area (Å²) in [6.07, 6.45) is 0.927. The summed E-state index contributed by atoms with van der Waals surface area (Å²) >= 11 is 0. The SMILES string of the molecule is C[C@@H]1CN(CC(=O)N2CC(C)(C)c3cnc(C(F)(F)c4ccccc4)cc32)[C@@H](C(=O)N2CCOCC2)CN1C(=O)OC(C)(C)C. The third kappa shape index (κ3) is 6.81. The topological polar surface area (TPSA) is 95.5 Å². The number of amides is 3. The number of halogens is 2. The summed E-state index contributed by atoms with van der Waals surface area (Å²) in [5.41, 5.74) is -0.773. The quantitative estimate of drug-likeness (QED) is 0.495. The van der Waals surface area contributed by atoms with Crippen LogP contribution in [0.3, 0.4) is 0 Å². The molecule has 0 bridgehead atoms. The summed E-state index contributed by atoms with van der Waals surface area (Å²) in [6, 6.07) is 7.65. The molecule has 10 nitrogen and oxygen atoms in total. The van der Waals surface area contributed by atoms with Gasteiger partial charge in [0.25, 0.3) is 0 Å². The van der Waals surface area contributed by atoms with Crippen molar-refractivity contribution in [2.75, 3.05) is 57.4 Å². The summed E-state index contributed by atoms with van der Waals surface area (Å²) in [5.74, 6) is -3.87. The first-order chi connectivity index (χ1) is 21.1. The maximum atomic E-state index is 15.5. The Morgan fingerprint density at radius 1 is 1.07 bits per heavy atom. The van der Waals surface area contributed by atoms with Crippen LogP contribution in [0.25, 0.3) is 0 Å². The van der Waals surface area contributed by atoms with Crippen molar-refractivity contribution in [3.05, 3.63) is 59.4 Å². The number of benzene rings is 1. The lowest BCUT2D eigenvalue weighted by molar-refractivity contribution is -0.145. The van der Waals surface area contributed by atoms with Crippen molar-refractivity contribution in [1.82, 2.24) is 19.7 Å². The first kappa shape index (κ1) is 32.7. The molecule has 4 heterocycles. The molecule has 0 aliphatic carbocycles. The minimum Gasteiger partial charge on any atom is -0.444 e. The molecule has 0 spiro atoms. The van der Waals surface area contributed by atoms with Gasteiger partial charge in [-0.05, 0) is 33.8 Å². The summed E-state index contributed by atoms with van der Waals surface area (Å²) in [4.78, 5) is 51.8. The van der Waals surface area contributed by atoms with Gasteiger partial charge in [0.2, 0.25) is 11.8 Å². The number of ether oxygens (including phenoxy) is 2. The molecule has 1 aromatic carbocycles. The molecule has 3 aliphatic heterocycles. The highest BCUT2D eigenvalue weighted by molar-refractivity contribution is 5.98. The van der Waals surface area contributed by atoms with Gasteiger partial charge in [-0.2, -0.15) is 8.78 Å². The zero-order valence-corrected chi connectivity index (χ0v) is 26.9. The van der Waals surface area contributed by atoms with Crippen molar-refractivity contribution >= 4 is 23.6 Å². The predicted molar refractivity (Wildman–Crippen MR) is 164 cm³/mol. The number of hydrogen-bond acceptors (Lipinski definition) is 7. The van der Waals surface area contributed by atoms with Gasteiger partial charge in [-0.25, -0.2) is 4.79 Å². The number of morpholine rings is 1. The van der Waals surface area contributed by atoms with Crippen LogP contribution in [0.15, 0.2) is 42.6 Å². The number of carbonyl (C=O) groups excluding carboxylic acids is 3. The molecule has 2 saturated heterocycles. The van der Waals surface area contributed by atoms with E-state index in [1.807, 2.05) is 20.8 Å². The highest BCUT2D eigenvalue weighted by atomic mass is 19.3. The summed E-state index contributed by atoms with van der Waals surface area (Å²) in [6.45, 7) is 13.2. The largest absolute Gasteiger partial charge is 0.444 e. The summed E-state index contributed by atoms with van der Waals surface area (Å²) in [7, 11) is 0. The molecule has 5 rings (SSSR count). The molecule has 2 aromatic rings. The molecule has 1 aromatic heterocycles. The smallest absolute Gasteiger partial charge is 0.410 e. The Bertz CT molecular complexity index is 1420. The van der Waals surface area contributed by atoms with Crippen molar-refractivity contribution < 1.29 is 32.6 Å². The Balaban J connectivity index is 1.42. The number of nitrogens with zero attached hydrogens (tertiary/aromatic N) is 5. The van der Waals surface area contributed by atoms with Crippen LogP contribution in [-0.4, -0.2) is 108 Å². The van der Waals surface area contributed by atoms with Crippen molar-refractivity contribution in [2.45, 2.75) is 70.6 Å². The number of carbonyl (C=O) groups is 3. The number of pyridine rings is 1. The van der Waals surface area contributed by atoms with Crippen LogP contribution >= 0.6 is 0 Å². The molecular formula is C33H43F2N5O5. The lowest BCUT2D eigenvalue weighted by Gasteiger charge is -2.46. The first-order valence-corrected chi connectivity index (χ1v) is 15.4. The van der Waals surface area contributed by atoms with E-state index in [4.69, 9.17) is 9.47 Å². The van der Waals surface area contributed by atoms with Crippen LogP contribution in [0.5, 0.6) is 0 Å². The van der Waals surface area contributed by atoms with Crippen LogP contribution in [0.4, 0.5) is 19.3 Å². The first-order valence-electron chi connectivity index (χ1n) is 15.4. The Labute approximate surface area is 263 Å². The highest BCUT2D eigenvalue weighted by Gasteiger charge is 2.45. The fourth-order valence-electron chi connectivity index (χ4n) is 6.23. The van der Waals surface area contributed by atoms with E-state index in [9.17, 15) is 14.4 Å². The van der Waals surface area contributed by atoms with E-state index in [1.54, 1.807) is 53.7 Å². The number of rotatable bonds is 5. The van der Waals surface area contributed by atoms with Gasteiger partial charge >= 0.3 is 12.0 Å². The Morgan fingerprint density at radius 3 is 2.38 bits per heavy atom. The molecule has 0 saturated carbocycles. The van der Waals surface area contributed by atoms with Crippen LogP contribution in [0.2, 0.25) is 0 Å². The monoisotopic (exact) mass is 627 g/mol. The summed E-state index contributed by atoms with van der Waals surface area (Å²) < 4.78 is 42.2. The van der Waals surface area contributed by atoms with E-state index in [1.165, 1.54) is 29.3 Å². The minimum absolute atomic E-state index is 0.0546. The molecule has 2 atom stereocenters. The second-order valence-electron chi connectivity index (χ2n) is 13.8. The average Bonchev–Trinajstić information content (AvgIpc) is 3.27. The van der Waals surface area contributed by atoms with Crippen molar-refractivity contribution in [3.8, 4) is 0 Å². The highest BCUT2D eigenvalue weighted by Crippen LogP contribution is 2.44. The van der Waals surface area contributed by atoms with E-state index in [0.717, 1.165) is 0 Å². The molecule has 3 aliphatic rings. The van der Waals surface area contributed by atoms with Crippen LogP contribution in [0.1, 0.15) is 58.4 Å². The zero-order chi connectivity index (χ0) is 32.7. The number of aromatic nitrogens is 1.